The lowest BCUT2D eigenvalue weighted by Gasteiger charge is -2.27. The number of nitrogens with one attached hydrogen (secondary N) is 1. The number of alkyl halides is 2. The fourth-order valence-corrected chi connectivity index (χ4v) is 2.08. The van der Waals surface area contributed by atoms with Gasteiger partial charge in [0.05, 0.1) is 0 Å². The molecule has 0 amide bonds. The minimum Gasteiger partial charge on any atom is -0.314 e. The molecule has 1 aliphatic rings. The molecule has 0 aromatic heterocycles. The van der Waals surface area contributed by atoms with Crippen molar-refractivity contribution >= 4 is 0 Å². The second-order valence-electron chi connectivity index (χ2n) is 4.72. The highest BCUT2D eigenvalue weighted by Crippen LogP contribution is 2.28. The van der Waals surface area contributed by atoms with Crippen LogP contribution in [0, 0.1) is 5.82 Å². The van der Waals surface area contributed by atoms with Crippen molar-refractivity contribution in [3.8, 4) is 0 Å². The second-order valence-corrected chi connectivity index (χ2v) is 4.72. The maximum atomic E-state index is 13.6. The molecule has 1 aliphatic heterocycles. The van der Waals surface area contributed by atoms with Crippen molar-refractivity contribution in [3.05, 3.63) is 35.1 Å². The Morgan fingerprint density at radius 2 is 1.94 bits per heavy atom. The molecule has 0 unspecified atom stereocenters. The summed E-state index contributed by atoms with van der Waals surface area (Å²) in [6.07, 6.45) is 0. The van der Waals surface area contributed by atoms with Gasteiger partial charge < -0.3 is 5.32 Å². The zero-order valence-electron chi connectivity index (χ0n) is 10.3. The van der Waals surface area contributed by atoms with Crippen LogP contribution < -0.4 is 5.32 Å². The van der Waals surface area contributed by atoms with Gasteiger partial charge in [-0.25, -0.2) is 13.2 Å². The molecule has 1 aromatic carbocycles. The zero-order chi connectivity index (χ0) is 13.2. The van der Waals surface area contributed by atoms with E-state index in [4.69, 9.17) is 0 Å². The Morgan fingerprint density at radius 3 is 2.56 bits per heavy atom. The summed E-state index contributed by atoms with van der Waals surface area (Å²) in [6, 6.07) is 3.55. The molecule has 1 aromatic rings. The monoisotopic (exact) mass is 258 g/mol. The highest BCUT2D eigenvalue weighted by atomic mass is 19.3. The molecule has 5 heteroatoms. The highest BCUT2D eigenvalue weighted by Gasteiger charge is 2.25. The maximum Gasteiger partial charge on any atom is 0.270 e. The predicted molar refractivity (Wildman–Crippen MR) is 64.1 cm³/mol. The van der Waals surface area contributed by atoms with E-state index in [-0.39, 0.29) is 5.56 Å². The van der Waals surface area contributed by atoms with E-state index in [1.165, 1.54) is 6.07 Å². The molecule has 1 heterocycles. The molecule has 1 fully saturated rings. The minimum atomic E-state index is -2.92. The van der Waals surface area contributed by atoms with Gasteiger partial charge >= 0.3 is 0 Å². The Morgan fingerprint density at radius 1 is 1.28 bits per heavy atom. The van der Waals surface area contributed by atoms with E-state index >= 15 is 0 Å². The topological polar surface area (TPSA) is 15.3 Å². The third-order valence-corrected chi connectivity index (χ3v) is 3.16. The first-order valence-electron chi connectivity index (χ1n) is 6.06. The molecule has 0 radical (unpaired) electrons. The van der Waals surface area contributed by atoms with Crippen LogP contribution in [0.5, 0.6) is 0 Å². The smallest absolute Gasteiger partial charge is 0.270 e. The molecule has 1 N–H and O–H groups in total. The van der Waals surface area contributed by atoms with Crippen LogP contribution >= 0.6 is 0 Å². The van der Waals surface area contributed by atoms with Gasteiger partial charge in [-0.1, -0.05) is 6.07 Å². The maximum absolute atomic E-state index is 13.6. The molecular weight excluding hydrogens is 241 g/mol. The van der Waals surface area contributed by atoms with Crippen molar-refractivity contribution in [2.45, 2.75) is 19.4 Å². The average molecular weight is 258 g/mol. The van der Waals surface area contributed by atoms with E-state index in [0.717, 1.165) is 45.2 Å². The van der Waals surface area contributed by atoms with Crippen LogP contribution in [0.2, 0.25) is 0 Å². The van der Waals surface area contributed by atoms with Gasteiger partial charge in [-0.15, -0.1) is 0 Å². The molecule has 0 atom stereocenters. The van der Waals surface area contributed by atoms with Crippen molar-refractivity contribution in [1.82, 2.24) is 10.2 Å². The lowest BCUT2D eigenvalue weighted by Crippen LogP contribution is -2.43. The normalized spacial score (nSPS) is 18.0. The van der Waals surface area contributed by atoms with E-state index in [0.29, 0.717) is 12.1 Å². The number of hydrogen-bond acceptors (Lipinski definition) is 2. The van der Waals surface area contributed by atoms with Gasteiger partial charge in [-0.3, -0.25) is 4.90 Å². The van der Waals surface area contributed by atoms with Gasteiger partial charge in [0.1, 0.15) is 5.82 Å². The molecule has 0 aliphatic carbocycles. The number of nitrogens with zero attached hydrogens (tertiary/aromatic N) is 1. The number of piperazine rings is 1. The Kier molecular flexibility index (Phi) is 3.92. The summed E-state index contributed by atoms with van der Waals surface area (Å²) in [4.78, 5) is 2.06. The molecule has 0 spiro atoms. The SMILES string of the molecule is CC(F)(F)c1ccc(F)c(CN2CCNCC2)c1. The molecule has 2 nitrogen and oxygen atoms in total. The third kappa shape index (κ3) is 3.23. The van der Waals surface area contributed by atoms with Crippen LogP contribution in [-0.4, -0.2) is 31.1 Å². The standard InChI is InChI=1S/C13H17F3N2/c1-13(15,16)11-2-3-12(14)10(8-11)9-18-6-4-17-5-7-18/h2-3,8,17H,4-7,9H2,1H3. The number of halogens is 3. The summed E-state index contributed by atoms with van der Waals surface area (Å²) in [5, 5.41) is 3.20. The first-order valence-corrected chi connectivity index (χ1v) is 6.06. The van der Waals surface area contributed by atoms with Gasteiger partial charge in [-0.05, 0) is 12.1 Å². The van der Waals surface area contributed by atoms with Gasteiger partial charge in [0, 0.05) is 50.8 Å². The van der Waals surface area contributed by atoms with Crippen molar-refractivity contribution < 1.29 is 13.2 Å². The average Bonchev–Trinajstić information content (AvgIpc) is 2.32. The Hall–Kier alpha value is -1.07. The largest absolute Gasteiger partial charge is 0.314 e. The van der Waals surface area contributed by atoms with Crippen LogP contribution in [0.4, 0.5) is 13.2 Å². The fraction of sp³-hybridized carbons (Fsp3) is 0.538. The molecule has 0 bridgehead atoms. The predicted octanol–water partition coefficient (Wildman–Crippen LogP) is 2.34. The fourth-order valence-electron chi connectivity index (χ4n) is 2.08. The molecule has 2 rings (SSSR count). The lowest BCUT2D eigenvalue weighted by atomic mass is 10.1. The number of hydrogen-bond donors (Lipinski definition) is 1. The van der Waals surface area contributed by atoms with Crippen LogP contribution in [0.1, 0.15) is 18.1 Å². The van der Waals surface area contributed by atoms with E-state index in [9.17, 15) is 13.2 Å². The first-order chi connectivity index (χ1) is 8.47. The van der Waals surface area contributed by atoms with E-state index in [2.05, 4.69) is 10.2 Å². The highest BCUT2D eigenvalue weighted by molar-refractivity contribution is 5.28. The molecule has 100 valence electrons. The van der Waals surface area contributed by atoms with Crippen LogP contribution in [-0.2, 0) is 12.5 Å². The molecule has 0 saturated carbocycles. The van der Waals surface area contributed by atoms with E-state index in [1.807, 2.05) is 0 Å². The lowest BCUT2D eigenvalue weighted by molar-refractivity contribution is 0.0172. The van der Waals surface area contributed by atoms with Crippen LogP contribution in [0.15, 0.2) is 18.2 Å². The van der Waals surface area contributed by atoms with Crippen molar-refractivity contribution in [2.75, 3.05) is 26.2 Å². The summed E-state index contributed by atoms with van der Waals surface area (Å²) in [5.74, 6) is -3.34. The summed E-state index contributed by atoms with van der Waals surface area (Å²) in [6.45, 7) is 4.54. The number of benzene rings is 1. The Bertz CT molecular complexity index is 409. The minimum absolute atomic E-state index is 0.131. The van der Waals surface area contributed by atoms with E-state index in [1.54, 1.807) is 0 Å². The van der Waals surface area contributed by atoms with Gasteiger partial charge in [0.15, 0.2) is 0 Å². The Balaban J connectivity index is 2.15. The van der Waals surface area contributed by atoms with Crippen molar-refractivity contribution in [2.24, 2.45) is 0 Å². The quantitative estimate of drug-likeness (QED) is 0.895. The molecular formula is C13H17F3N2. The third-order valence-electron chi connectivity index (χ3n) is 3.16. The first kappa shape index (κ1) is 13.4. The van der Waals surface area contributed by atoms with Crippen molar-refractivity contribution in [1.29, 1.82) is 0 Å². The summed E-state index contributed by atoms with van der Waals surface area (Å²) >= 11 is 0. The van der Waals surface area contributed by atoms with Crippen LogP contribution in [0.25, 0.3) is 0 Å². The zero-order valence-corrected chi connectivity index (χ0v) is 10.3. The molecule has 1 saturated heterocycles. The molecule has 18 heavy (non-hydrogen) atoms. The summed E-state index contributed by atoms with van der Waals surface area (Å²) in [5.41, 5.74) is 0.213. The summed E-state index contributed by atoms with van der Waals surface area (Å²) in [7, 11) is 0. The second kappa shape index (κ2) is 5.28. The number of rotatable bonds is 3. The van der Waals surface area contributed by atoms with Gasteiger partial charge in [0.25, 0.3) is 5.92 Å². The van der Waals surface area contributed by atoms with Crippen molar-refractivity contribution in [3.63, 3.8) is 0 Å². The van der Waals surface area contributed by atoms with E-state index < -0.39 is 11.7 Å². The Labute approximate surface area is 105 Å². The van der Waals surface area contributed by atoms with Gasteiger partial charge in [-0.2, -0.15) is 0 Å². The van der Waals surface area contributed by atoms with Crippen LogP contribution in [0.3, 0.4) is 0 Å². The summed E-state index contributed by atoms with van der Waals surface area (Å²) < 4.78 is 40.0. The van der Waals surface area contributed by atoms with Gasteiger partial charge in [0.2, 0.25) is 0 Å².